The zero-order valence-corrected chi connectivity index (χ0v) is 13.5. The lowest BCUT2D eigenvalue weighted by Crippen LogP contribution is -2.20. The summed E-state index contributed by atoms with van der Waals surface area (Å²) >= 11 is 0. The van der Waals surface area contributed by atoms with Crippen molar-refractivity contribution in [2.75, 3.05) is 0 Å². The van der Waals surface area contributed by atoms with Crippen LogP contribution in [0.25, 0.3) is 0 Å². The van der Waals surface area contributed by atoms with E-state index in [0.29, 0.717) is 5.82 Å². The Bertz CT molecular complexity index is 789. The fraction of sp³-hybridized carbons (Fsp3) is 0.333. The van der Waals surface area contributed by atoms with Gasteiger partial charge in [0.2, 0.25) is 0 Å². The smallest absolute Gasteiger partial charge is 0.309 e. The lowest BCUT2D eigenvalue weighted by Gasteiger charge is -2.14. The van der Waals surface area contributed by atoms with Crippen LogP contribution in [0.5, 0.6) is 0 Å². The van der Waals surface area contributed by atoms with Crippen LogP contribution < -0.4 is 0 Å². The molecule has 0 amide bonds. The van der Waals surface area contributed by atoms with Gasteiger partial charge in [0.05, 0.1) is 23.2 Å². The lowest BCUT2D eigenvalue weighted by atomic mass is 10.2. The van der Waals surface area contributed by atoms with Crippen molar-refractivity contribution < 1.29 is 18.3 Å². The van der Waals surface area contributed by atoms with Crippen molar-refractivity contribution in [3.8, 4) is 0 Å². The van der Waals surface area contributed by atoms with Gasteiger partial charge in [-0.15, -0.1) is 0 Å². The third-order valence-corrected chi connectivity index (χ3v) is 4.99. The van der Waals surface area contributed by atoms with E-state index in [2.05, 4.69) is 4.98 Å². The second-order valence-corrected chi connectivity index (χ2v) is 7.20. The molecular formula is C15H18N2O4S. The second kappa shape index (κ2) is 5.92. The van der Waals surface area contributed by atoms with E-state index in [9.17, 15) is 13.2 Å². The van der Waals surface area contributed by atoms with Crippen LogP contribution in [-0.4, -0.2) is 28.5 Å². The molecule has 0 aliphatic rings. The molecular weight excluding hydrogens is 304 g/mol. The summed E-state index contributed by atoms with van der Waals surface area (Å²) in [6, 6.07) is 6.43. The fourth-order valence-corrected chi connectivity index (χ4v) is 3.76. The lowest BCUT2D eigenvalue weighted by molar-refractivity contribution is -0.136. The summed E-state index contributed by atoms with van der Waals surface area (Å²) in [6.07, 6.45) is 0.917. The SMILES string of the molecule is Cc1ccc(S(=O)(=O)n2c(CC(=O)O)cnc2C(C)C)cc1. The van der Waals surface area contributed by atoms with E-state index in [1.165, 1.54) is 18.3 Å². The third kappa shape index (κ3) is 3.04. The minimum absolute atomic E-state index is 0.115. The van der Waals surface area contributed by atoms with Gasteiger partial charge >= 0.3 is 5.97 Å². The van der Waals surface area contributed by atoms with Crippen LogP contribution in [0.4, 0.5) is 0 Å². The Hall–Kier alpha value is -2.15. The van der Waals surface area contributed by atoms with Crippen molar-refractivity contribution in [1.29, 1.82) is 0 Å². The number of carboxylic acid groups (broad SMARTS) is 1. The summed E-state index contributed by atoms with van der Waals surface area (Å²) in [4.78, 5) is 15.2. The van der Waals surface area contributed by atoms with E-state index in [-0.39, 0.29) is 16.5 Å². The Morgan fingerprint density at radius 1 is 1.27 bits per heavy atom. The van der Waals surface area contributed by atoms with E-state index >= 15 is 0 Å². The highest BCUT2D eigenvalue weighted by molar-refractivity contribution is 7.90. The largest absolute Gasteiger partial charge is 0.481 e. The molecule has 0 saturated heterocycles. The summed E-state index contributed by atoms with van der Waals surface area (Å²) in [7, 11) is -3.87. The average molecular weight is 322 g/mol. The van der Waals surface area contributed by atoms with Crippen molar-refractivity contribution in [3.05, 3.63) is 47.5 Å². The molecule has 0 aliphatic heterocycles. The predicted octanol–water partition coefficient (Wildman–Crippen LogP) is 2.18. The minimum Gasteiger partial charge on any atom is -0.481 e. The maximum absolute atomic E-state index is 12.9. The van der Waals surface area contributed by atoms with Gasteiger partial charge in [-0.3, -0.25) is 4.79 Å². The highest BCUT2D eigenvalue weighted by Gasteiger charge is 2.26. The molecule has 118 valence electrons. The number of carboxylic acids is 1. The number of aliphatic carboxylic acids is 1. The number of carbonyl (C=O) groups is 1. The fourth-order valence-electron chi connectivity index (χ4n) is 2.14. The molecule has 0 saturated carbocycles. The number of rotatable bonds is 5. The molecule has 0 aliphatic carbocycles. The predicted molar refractivity (Wildman–Crippen MR) is 81.4 cm³/mol. The number of aryl methyl sites for hydroxylation is 1. The number of imidazole rings is 1. The zero-order valence-electron chi connectivity index (χ0n) is 12.6. The van der Waals surface area contributed by atoms with Gasteiger partial charge in [-0.2, -0.15) is 0 Å². The number of benzene rings is 1. The first kappa shape index (κ1) is 16.2. The van der Waals surface area contributed by atoms with Crippen molar-refractivity contribution in [3.63, 3.8) is 0 Å². The van der Waals surface area contributed by atoms with Gasteiger partial charge < -0.3 is 5.11 Å². The van der Waals surface area contributed by atoms with E-state index < -0.39 is 22.4 Å². The summed E-state index contributed by atoms with van der Waals surface area (Å²) in [5, 5.41) is 8.98. The molecule has 1 N–H and O–H groups in total. The van der Waals surface area contributed by atoms with Crippen molar-refractivity contribution in [2.24, 2.45) is 0 Å². The van der Waals surface area contributed by atoms with Gasteiger partial charge in [-0.05, 0) is 19.1 Å². The topological polar surface area (TPSA) is 89.3 Å². The third-order valence-electron chi connectivity index (χ3n) is 3.22. The highest BCUT2D eigenvalue weighted by atomic mass is 32.2. The molecule has 0 bridgehead atoms. The molecule has 22 heavy (non-hydrogen) atoms. The number of aromatic nitrogens is 2. The first-order valence-corrected chi connectivity index (χ1v) is 8.28. The molecule has 0 radical (unpaired) electrons. The van der Waals surface area contributed by atoms with Crippen LogP contribution >= 0.6 is 0 Å². The molecule has 1 aromatic carbocycles. The first-order valence-electron chi connectivity index (χ1n) is 6.84. The quantitative estimate of drug-likeness (QED) is 0.911. The van der Waals surface area contributed by atoms with E-state index in [4.69, 9.17) is 5.11 Å². The summed E-state index contributed by atoms with van der Waals surface area (Å²) in [6.45, 7) is 5.49. The van der Waals surface area contributed by atoms with Gasteiger partial charge in [0.1, 0.15) is 5.82 Å². The van der Waals surface area contributed by atoms with Gasteiger partial charge in [-0.25, -0.2) is 17.4 Å². The number of hydrogen-bond donors (Lipinski definition) is 1. The van der Waals surface area contributed by atoms with Crippen molar-refractivity contribution >= 4 is 16.0 Å². The Labute approximate surface area is 129 Å². The highest BCUT2D eigenvalue weighted by Crippen LogP contribution is 2.23. The molecule has 0 atom stereocenters. The molecule has 1 aromatic heterocycles. The van der Waals surface area contributed by atoms with Crippen LogP contribution in [0.3, 0.4) is 0 Å². The summed E-state index contributed by atoms with van der Waals surface area (Å²) < 4.78 is 26.8. The minimum atomic E-state index is -3.87. The molecule has 0 unspecified atom stereocenters. The Balaban J connectivity index is 2.65. The maximum Gasteiger partial charge on any atom is 0.309 e. The second-order valence-electron chi connectivity index (χ2n) is 5.42. The number of nitrogens with zero attached hydrogens (tertiary/aromatic N) is 2. The van der Waals surface area contributed by atoms with Crippen LogP contribution in [0.2, 0.25) is 0 Å². The van der Waals surface area contributed by atoms with Crippen LogP contribution in [0.15, 0.2) is 35.4 Å². The molecule has 2 aromatic rings. The van der Waals surface area contributed by atoms with Gasteiger partial charge in [0.25, 0.3) is 10.0 Å². The van der Waals surface area contributed by atoms with Crippen molar-refractivity contribution in [2.45, 2.75) is 38.0 Å². The number of hydrogen-bond acceptors (Lipinski definition) is 4. The zero-order chi connectivity index (χ0) is 16.5. The Morgan fingerprint density at radius 3 is 2.36 bits per heavy atom. The van der Waals surface area contributed by atoms with Crippen LogP contribution in [0.1, 0.15) is 36.8 Å². The van der Waals surface area contributed by atoms with E-state index in [1.54, 1.807) is 12.1 Å². The van der Waals surface area contributed by atoms with Crippen LogP contribution in [0, 0.1) is 6.92 Å². The monoisotopic (exact) mass is 322 g/mol. The van der Waals surface area contributed by atoms with Gasteiger partial charge in [-0.1, -0.05) is 31.5 Å². The standard InChI is InChI=1S/C15H18N2O4S/c1-10(2)15-16-9-12(8-14(18)19)17(15)22(20,21)13-6-4-11(3)5-7-13/h4-7,9-10H,8H2,1-3H3,(H,18,19). The first-order chi connectivity index (χ1) is 10.2. The Kier molecular flexibility index (Phi) is 4.37. The molecule has 6 nitrogen and oxygen atoms in total. The van der Waals surface area contributed by atoms with E-state index in [0.717, 1.165) is 9.54 Å². The molecule has 0 spiro atoms. The summed E-state index contributed by atoms with van der Waals surface area (Å²) in [5.41, 5.74) is 1.09. The molecule has 2 rings (SSSR count). The Morgan fingerprint density at radius 2 is 1.86 bits per heavy atom. The molecule has 7 heteroatoms. The maximum atomic E-state index is 12.9. The summed E-state index contributed by atoms with van der Waals surface area (Å²) in [5.74, 6) is -0.921. The molecule has 0 fully saturated rings. The normalized spacial score (nSPS) is 11.8. The van der Waals surface area contributed by atoms with Crippen LogP contribution in [-0.2, 0) is 21.2 Å². The average Bonchev–Trinajstić information content (AvgIpc) is 2.83. The molecule has 1 heterocycles. The van der Waals surface area contributed by atoms with Gasteiger partial charge in [0.15, 0.2) is 0 Å². The van der Waals surface area contributed by atoms with E-state index in [1.807, 2.05) is 20.8 Å². The van der Waals surface area contributed by atoms with Crippen molar-refractivity contribution in [1.82, 2.24) is 8.96 Å². The van der Waals surface area contributed by atoms with Gasteiger partial charge in [0, 0.05) is 5.92 Å².